The van der Waals surface area contributed by atoms with E-state index < -0.39 is 34.9 Å². The van der Waals surface area contributed by atoms with Crippen molar-refractivity contribution in [3.05, 3.63) is 39.5 Å². The molecule has 0 spiro atoms. The Morgan fingerprint density at radius 3 is 2.81 bits per heavy atom. The van der Waals surface area contributed by atoms with E-state index >= 15 is 0 Å². The van der Waals surface area contributed by atoms with Gasteiger partial charge in [0.15, 0.2) is 10.8 Å². The van der Waals surface area contributed by atoms with Gasteiger partial charge in [-0.15, -0.1) is 28.2 Å². The van der Waals surface area contributed by atoms with Crippen LogP contribution in [-0.4, -0.2) is 70.4 Å². The van der Waals surface area contributed by atoms with E-state index in [1.54, 1.807) is 12.2 Å². The number of thiazole rings is 1. The molecule has 15 heteroatoms. The number of nitrogen functional groups attached to an aromatic ring is 1. The summed E-state index contributed by atoms with van der Waals surface area (Å²) in [6.07, 6.45) is 4.83. The van der Waals surface area contributed by atoms with Crippen LogP contribution in [0.25, 0.3) is 6.08 Å². The fraction of sp³-hybridized carbons (Fsp3) is 0.188. The molecule has 2 amide bonds. The Morgan fingerprint density at radius 1 is 1.39 bits per heavy atom. The van der Waals surface area contributed by atoms with Gasteiger partial charge in [0.1, 0.15) is 22.8 Å². The van der Waals surface area contributed by atoms with Gasteiger partial charge in [-0.3, -0.25) is 14.5 Å². The topological polar surface area (TPSA) is 184 Å². The molecule has 0 aromatic carbocycles. The molecule has 1 fully saturated rings. The second kappa shape index (κ2) is 8.44. The number of carbonyl (C=O) groups excluding carboxylic acids is 2. The molecular formula is C16H13N7O5S3. The minimum absolute atomic E-state index is 0.0681. The van der Waals surface area contributed by atoms with Gasteiger partial charge in [0.25, 0.3) is 11.8 Å². The van der Waals surface area contributed by atoms with Crippen LogP contribution in [0, 0.1) is 0 Å². The molecule has 2 aromatic heterocycles. The SMILES string of the molecule is Nc1nc(/C(=N/O)C(=O)NC2C(=O)N3C(C(=O)O)=C(/C=C\c4cnns4)CS[C@@H]23)cs1. The Labute approximate surface area is 186 Å². The number of nitrogens with one attached hydrogen (secondary N) is 1. The first-order valence-electron chi connectivity index (χ1n) is 8.51. The molecule has 0 bridgehead atoms. The zero-order valence-corrected chi connectivity index (χ0v) is 17.8. The molecule has 5 N–H and O–H groups in total. The molecule has 0 aliphatic carbocycles. The Hall–Kier alpha value is -3.30. The smallest absolute Gasteiger partial charge is 0.352 e. The highest BCUT2D eigenvalue weighted by atomic mass is 32.2. The van der Waals surface area contributed by atoms with Gasteiger partial charge in [0, 0.05) is 11.1 Å². The fourth-order valence-electron chi connectivity index (χ4n) is 3.02. The number of aromatic nitrogens is 3. The summed E-state index contributed by atoms with van der Waals surface area (Å²) < 4.78 is 3.73. The number of fused-ring (bicyclic) bond motifs is 1. The standard InChI is InChI=1S/C16H13N7O5S3/c17-16-19-8(5-30-16)9(21-28)12(24)20-10-13(25)23-11(15(26)27)6(4-29-14(10)23)1-2-7-3-18-22-31-7/h1-3,5,10,14,28H,4H2,(H2,17,19)(H,20,24)(H,26,27)/b2-1-,21-9-/t10?,14-/m0/s1. The second-order valence-electron chi connectivity index (χ2n) is 6.21. The van der Waals surface area contributed by atoms with E-state index in [2.05, 4.69) is 25.0 Å². The van der Waals surface area contributed by atoms with Crippen LogP contribution in [0.2, 0.25) is 0 Å². The zero-order chi connectivity index (χ0) is 22.1. The summed E-state index contributed by atoms with van der Waals surface area (Å²) in [5.41, 5.74) is 5.52. The summed E-state index contributed by atoms with van der Waals surface area (Å²) in [6.45, 7) is 0. The molecule has 4 rings (SSSR count). The van der Waals surface area contributed by atoms with E-state index in [-0.39, 0.29) is 16.5 Å². The summed E-state index contributed by atoms with van der Waals surface area (Å²) >= 11 is 3.52. The van der Waals surface area contributed by atoms with Crippen LogP contribution in [0.5, 0.6) is 0 Å². The Morgan fingerprint density at radius 2 is 2.19 bits per heavy atom. The first-order valence-corrected chi connectivity index (χ1v) is 11.2. The van der Waals surface area contributed by atoms with Crippen molar-refractivity contribution in [3.63, 3.8) is 0 Å². The number of carbonyl (C=O) groups is 3. The maximum atomic E-state index is 12.7. The van der Waals surface area contributed by atoms with Crippen LogP contribution >= 0.6 is 34.6 Å². The average molecular weight is 480 g/mol. The van der Waals surface area contributed by atoms with Crippen molar-refractivity contribution in [2.24, 2.45) is 5.16 Å². The second-order valence-corrected chi connectivity index (χ2v) is 9.02. The van der Waals surface area contributed by atoms with Crippen LogP contribution < -0.4 is 11.1 Å². The first kappa shape index (κ1) is 21.0. The lowest BCUT2D eigenvalue weighted by Gasteiger charge is -2.49. The molecule has 2 atom stereocenters. The van der Waals surface area contributed by atoms with E-state index in [0.717, 1.165) is 32.6 Å². The van der Waals surface area contributed by atoms with Crippen molar-refractivity contribution in [2.75, 3.05) is 11.5 Å². The van der Waals surface area contributed by atoms with Crippen molar-refractivity contribution < 1.29 is 24.7 Å². The van der Waals surface area contributed by atoms with Gasteiger partial charge < -0.3 is 21.4 Å². The van der Waals surface area contributed by atoms with Gasteiger partial charge in [0.05, 0.1) is 11.1 Å². The number of carboxylic acids is 1. The van der Waals surface area contributed by atoms with Crippen LogP contribution in [0.15, 0.2) is 34.1 Å². The maximum Gasteiger partial charge on any atom is 0.352 e. The van der Waals surface area contributed by atoms with Crippen molar-refractivity contribution in [3.8, 4) is 0 Å². The molecule has 2 aliphatic heterocycles. The lowest BCUT2D eigenvalue weighted by Crippen LogP contribution is -2.71. The third-order valence-electron chi connectivity index (χ3n) is 4.39. The normalized spacial score (nSPS) is 21.2. The molecule has 4 heterocycles. The van der Waals surface area contributed by atoms with Crippen molar-refractivity contribution in [1.29, 1.82) is 0 Å². The predicted octanol–water partition coefficient (Wildman–Crippen LogP) is 0.207. The van der Waals surface area contributed by atoms with Crippen molar-refractivity contribution in [2.45, 2.75) is 11.4 Å². The number of amides is 2. The third kappa shape index (κ3) is 3.89. The number of rotatable bonds is 6. The summed E-state index contributed by atoms with van der Waals surface area (Å²) in [5, 5.41) is 29.0. The van der Waals surface area contributed by atoms with Crippen LogP contribution in [0.1, 0.15) is 10.6 Å². The number of hydrogen-bond donors (Lipinski definition) is 4. The number of carboxylic acid groups (broad SMARTS) is 1. The highest BCUT2D eigenvalue weighted by Gasteiger charge is 2.54. The molecular weight excluding hydrogens is 466 g/mol. The quantitative estimate of drug-likeness (QED) is 0.193. The number of anilines is 1. The number of β-lactam (4-membered cyclic amide) rings is 1. The maximum absolute atomic E-state index is 12.7. The lowest BCUT2D eigenvalue weighted by atomic mass is 10.0. The number of nitrogens with zero attached hydrogens (tertiary/aromatic N) is 5. The van der Waals surface area contributed by atoms with Crippen molar-refractivity contribution >= 4 is 69.3 Å². The molecule has 12 nitrogen and oxygen atoms in total. The van der Waals surface area contributed by atoms with Crippen molar-refractivity contribution in [1.82, 2.24) is 24.8 Å². The molecule has 0 radical (unpaired) electrons. The summed E-state index contributed by atoms with van der Waals surface area (Å²) in [6, 6.07) is -0.976. The van der Waals surface area contributed by atoms with Crippen LogP contribution in [-0.2, 0) is 14.4 Å². The Kier molecular flexibility index (Phi) is 5.71. The van der Waals surface area contributed by atoms with E-state index in [4.69, 9.17) is 5.73 Å². The predicted molar refractivity (Wildman–Crippen MR) is 113 cm³/mol. The number of hydrogen-bond acceptors (Lipinski definition) is 12. The fourth-order valence-corrected chi connectivity index (χ4v) is 5.30. The number of allylic oxidation sites excluding steroid dienone is 1. The van der Waals surface area contributed by atoms with E-state index in [9.17, 15) is 24.7 Å². The summed E-state index contributed by atoms with van der Waals surface area (Å²) in [7, 11) is 0. The molecule has 2 aliphatic rings. The molecule has 160 valence electrons. The van der Waals surface area contributed by atoms with Gasteiger partial charge in [-0.2, -0.15) is 0 Å². The van der Waals surface area contributed by atoms with Crippen LogP contribution in [0.3, 0.4) is 0 Å². The number of aliphatic carboxylic acids is 1. The van der Waals surface area contributed by atoms with Crippen LogP contribution in [0.4, 0.5) is 5.13 Å². The lowest BCUT2D eigenvalue weighted by molar-refractivity contribution is -0.150. The summed E-state index contributed by atoms with van der Waals surface area (Å²) in [5.74, 6) is -2.34. The van der Waals surface area contributed by atoms with E-state index in [1.165, 1.54) is 23.3 Å². The molecule has 1 saturated heterocycles. The number of thioether (sulfide) groups is 1. The summed E-state index contributed by atoms with van der Waals surface area (Å²) in [4.78, 5) is 42.8. The highest BCUT2D eigenvalue weighted by molar-refractivity contribution is 8.00. The first-order chi connectivity index (χ1) is 14.9. The monoisotopic (exact) mass is 479 g/mol. The molecule has 31 heavy (non-hydrogen) atoms. The molecule has 0 saturated carbocycles. The van der Waals surface area contributed by atoms with Gasteiger partial charge in [0.2, 0.25) is 0 Å². The number of nitrogens with two attached hydrogens (primary N) is 1. The van der Waals surface area contributed by atoms with Gasteiger partial charge in [-0.25, -0.2) is 9.78 Å². The Bertz CT molecular complexity index is 1140. The highest BCUT2D eigenvalue weighted by Crippen LogP contribution is 2.40. The zero-order valence-electron chi connectivity index (χ0n) is 15.3. The van der Waals surface area contributed by atoms with Gasteiger partial charge in [-0.1, -0.05) is 15.7 Å². The minimum atomic E-state index is -1.25. The largest absolute Gasteiger partial charge is 0.477 e. The molecule has 2 aromatic rings. The Balaban J connectivity index is 1.52. The number of oxime groups is 1. The van der Waals surface area contributed by atoms with E-state index in [0.29, 0.717) is 11.3 Å². The van der Waals surface area contributed by atoms with E-state index in [1.807, 2.05) is 0 Å². The van der Waals surface area contributed by atoms with Gasteiger partial charge >= 0.3 is 5.97 Å². The average Bonchev–Trinajstić information content (AvgIpc) is 3.42. The molecule has 1 unspecified atom stereocenters. The minimum Gasteiger partial charge on any atom is -0.477 e. The van der Waals surface area contributed by atoms with Gasteiger partial charge in [-0.05, 0) is 23.2 Å². The third-order valence-corrected chi connectivity index (χ3v) is 7.00.